The van der Waals surface area contributed by atoms with Crippen LogP contribution in [-0.4, -0.2) is 33.5 Å². The number of para-hydroxylation sites is 4. The number of carbonyl (C=O) groups is 1. The minimum Gasteiger partial charge on any atom is -0.485 e. The number of imidazole rings is 1. The summed E-state index contributed by atoms with van der Waals surface area (Å²) in [4.78, 5) is 20.0. The molecule has 0 radical (unpaired) electrons. The Morgan fingerprint density at radius 2 is 1.65 bits per heavy atom. The fraction of sp³-hybridized carbons (Fsp3) is 0.286. The molecular formula is C28H29N3O3. The van der Waals surface area contributed by atoms with E-state index < -0.39 is 0 Å². The van der Waals surface area contributed by atoms with Gasteiger partial charge >= 0.3 is 0 Å². The third-order valence-electron chi connectivity index (χ3n) is 6.31. The van der Waals surface area contributed by atoms with Crippen molar-refractivity contribution in [1.29, 1.82) is 0 Å². The summed E-state index contributed by atoms with van der Waals surface area (Å²) in [5.74, 6) is 2.13. The first-order chi connectivity index (χ1) is 16.7. The zero-order valence-corrected chi connectivity index (χ0v) is 19.4. The number of ether oxygens (including phenoxy) is 2. The zero-order valence-electron chi connectivity index (χ0n) is 19.4. The van der Waals surface area contributed by atoms with Gasteiger partial charge in [-0.15, -0.1) is 0 Å². The maximum atomic E-state index is 13.2. The summed E-state index contributed by atoms with van der Waals surface area (Å²) in [6, 6.07) is 25.6. The lowest BCUT2D eigenvalue weighted by Gasteiger charge is -2.25. The molecule has 6 nitrogen and oxygen atoms in total. The third-order valence-corrected chi connectivity index (χ3v) is 6.31. The number of hydrogen-bond acceptors (Lipinski definition) is 4. The molecular weight excluding hydrogens is 426 g/mol. The zero-order chi connectivity index (χ0) is 23.3. The van der Waals surface area contributed by atoms with Crippen molar-refractivity contribution < 1.29 is 14.3 Å². The number of aryl methyl sites for hydroxylation is 1. The Bertz CT molecular complexity index is 1270. The summed E-state index contributed by atoms with van der Waals surface area (Å²) >= 11 is 0. The van der Waals surface area contributed by atoms with Gasteiger partial charge in [0, 0.05) is 13.1 Å². The highest BCUT2D eigenvalue weighted by molar-refractivity contribution is 5.79. The predicted molar refractivity (Wildman–Crippen MR) is 132 cm³/mol. The van der Waals surface area contributed by atoms with Crippen molar-refractivity contribution in [1.82, 2.24) is 14.5 Å². The third kappa shape index (κ3) is 4.49. The number of carbonyl (C=O) groups excluding carboxylic acids is 1. The molecule has 4 aromatic rings. The smallest absolute Gasteiger partial charge is 0.261 e. The van der Waals surface area contributed by atoms with Gasteiger partial charge in [-0.05, 0) is 49.6 Å². The molecule has 1 aromatic heterocycles. The van der Waals surface area contributed by atoms with E-state index in [1.54, 1.807) is 0 Å². The number of nitrogens with zero attached hydrogens (tertiary/aromatic N) is 3. The molecule has 1 unspecified atom stereocenters. The summed E-state index contributed by atoms with van der Waals surface area (Å²) in [6.45, 7) is 4.06. The summed E-state index contributed by atoms with van der Waals surface area (Å²) in [5, 5.41) is 0. The van der Waals surface area contributed by atoms with Crippen molar-refractivity contribution in [2.75, 3.05) is 13.2 Å². The van der Waals surface area contributed by atoms with Crippen LogP contribution in [0.3, 0.4) is 0 Å². The van der Waals surface area contributed by atoms with Crippen LogP contribution in [0.25, 0.3) is 11.0 Å². The Morgan fingerprint density at radius 3 is 2.44 bits per heavy atom. The Balaban J connectivity index is 1.28. The van der Waals surface area contributed by atoms with Crippen LogP contribution in [0, 0.1) is 0 Å². The van der Waals surface area contributed by atoms with Gasteiger partial charge in [0.25, 0.3) is 5.91 Å². The van der Waals surface area contributed by atoms with Gasteiger partial charge in [-0.2, -0.15) is 0 Å². The predicted octanol–water partition coefficient (Wildman–Crippen LogP) is 5.38. The van der Waals surface area contributed by atoms with Gasteiger partial charge in [-0.1, -0.05) is 54.6 Å². The van der Waals surface area contributed by atoms with Crippen LogP contribution in [-0.2, 0) is 17.9 Å². The monoisotopic (exact) mass is 455 g/mol. The van der Waals surface area contributed by atoms with Crippen LogP contribution in [0.1, 0.15) is 37.2 Å². The molecule has 3 aromatic carbocycles. The molecule has 6 heteroatoms. The molecule has 0 bridgehead atoms. The van der Waals surface area contributed by atoms with Crippen LogP contribution >= 0.6 is 0 Å². The van der Waals surface area contributed by atoms with Crippen molar-refractivity contribution in [2.45, 2.75) is 39.0 Å². The molecule has 1 aliphatic heterocycles. The largest absolute Gasteiger partial charge is 0.485 e. The Kier molecular flexibility index (Phi) is 6.47. The number of benzene rings is 3. The quantitative estimate of drug-likeness (QED) is 0.358. The minimum atomic E-state index is -0.0342. The average Bonchev–Trinajstić information content (AvgIpc) is 3.51. The standard InChI is InChI=1S/C28H29N3O3/c1-2-30-23-14-7-6-13-22(23)29-28(30)24-15-10-18-31(24)27(32)20-34-26-17-9-8-16-25(26)33-19-21-11-4-3-5-12-21/h3-9,11-14,16-17,24H,2,10,15,18-20H2,1H3. The highest BCUT2D eigenvalue weighted by Crippen LogP contribution is 2.34. The lowest BCUT2D eigenvalue weighted by molar-refractivity contribution is -0.134. The summed E-state index contributed by atoms with van der Waals surface area (Å²) in [6.07, 6.45) is 1.87. The van der Waals surface area contributed by atoms with E-state index in [1.165, 1.54) is 0 Å². The first-order valence-electron chi connectivity index (χ1n) is 11.9. The maximum absolute atomic E-state index is 13.2. The average molecular weight is 456 g/mol. The number of rotatable bonds is 8. The van der Waals surface area contributed by atoms with Gasteiger partial charge < -0.3 is 18.9 Å². The van der Waals surface area contributed by atoms with E-state index in [0.29, 0.717) is 24.7 Å². The number of hydrogen-bond donors (Lipinski definition) is 0. The van der Waals surface area contributed by atoms with Crippen LogP contribution in [0.4, 0.5) is 0 Å². The first-order valence-corrected chi connectivity index (χ1v) is 11.9. The maximum Gasteiger partial charge on any atom is 0.261 e. The van der Waals surface area contributed by atoms with Crippen LogP contribution < -0.4 is 9.47 Å². The molecule has 5 rings (SSSR count). The van der Waals surface area contributed by atoms with Crippen LogP contribution in [0.2, 0.25) is 0 Å². The van der Waals surface area contributed by atoms with Gasteiger partial charge in [-0.3, -0.25) is 4.79 Å². The molecule has 0 aliphatic carbocycles. The van der Waals surface area contributed by atoms with E-state index in [2.05, 4.69) is 17.6 Å². The van der Waals surface area contributed by atoms with Crippen LogP contribution in [0.5, 0.6) is 11.5 Å². The van der Waals surface area contributed by atoms with E-state index in [-0.39, 0.29) is 18.6 Å². The van der Waals surface area contributed by atoms with E-state index >= 15 is 0 Å². The van der Waals surface area contributed by atoms with E-state index in [1.807, 2.05) is 77.7 Å². The molecule has 0 N–H and O–H groups in total. The van der Waals surface area contributed by atoms with Gasteiger partial charge in [-0.25, -0.2) is 4.98 Å². The normalized spacial score (nSPS) is 15.6. The molecule has 174 valence electrons. The van der Waals surface area contributed by atoms with Gasteiger partial charge in [0.05, 0.1) is 17.1 Å². The van der Waals surface area contributed by atoms with Gasteiger partial charge in [0.15, 0.2) is 18.1 Å². The highest BCUT2D eigenvalue weighted by Gasteiger charge is 2.33. The van der Waals surface area contributed by atoms with Crippen molar-refractivity contribution in [3.05, 3.63) is 90.3 Å². The van der Waals surface area contributed by atoms with Gasteiger partial charge in [0.2, 0.25) is 0 Å². The second-order valence-corrected chi connectivity index (χ2v) is 8.46. The lowest BCUT2D eigenvalue weighted by Crippen LogP contribution is -2.35. The van der Waals surface area contributed by atoms with E-state index in [4.69, 9.17) is 14.5 Å². The second kappa shape index (κ2) is 10.00. The number of amides is 1. The fourth-order valence-corrected chi connectivity index (χ4v) is 4.66. The molecule has 1 aliphatic rings. The van der Waals surface area contributed by atoms with E-state index in [0.717, 1.165) is 41.8 Å². The molecule has 1 saturated heterocycles. The Morgan fingerprint density at radius 1 is 0.941 bits per heavy atom. The van der Waals surface area contributed by atoms with Crippen molar-refractivity contribution in [3.8, 4) is 11.5 Å². The minimum absolute atomic E-state index is 0.0323. The summed E-state index contributed by atoms with van der Waals surface area (Å²) < 4.78 is 14.1. The van der Waals surface area contributed by atoms with Crippen molar-refractivity contribution in [2.24, 2.45) is 0 Å². The van der Waals surface area contributed by atoms with E-state index in [9.17, 15) is 4.79 Å². The second-order valence-electron chi connectivity index (χ2n) is 8.46. The van der Waals surface area contributed by atoms with Crippen molar-refractivity contribution >= 4 is 16.9 Å². The van der Waals surface area contributed by atoms with Gasteiger partial charge in [0.1, 0.15) is 12.4 Å². The molecule has 0 spiro atoms. The molecule has 1 fully saturated rings. The first kappa shape index (κ1) is 22.0. The number of likely N-dealkylation sites (tertiary alicyclic amines) is 1. The Hall–Kier alpha value is -3.80. The number of aromatic nitrogens is 2. The fourth-order valence-electron chi connectivity index (χ4n) is 4.66. The Labute approximate surface area is 199 Å². The molecule has 0 saturated carbocycles. The summed E-state index contributed by atoms with van der Waals surface area (Å²) in [7, 11) is 0. The number of fused-ring (bicyclic) bond motifs is 1. The van der Waals surface area contributed by atoms with Crippen molar-refractivity contribution in [3.63, 3.8) is 0 Å². The van der Waals surface area contributed by atoms with Crippen LogP contribution in [0.15, 0.2) is 78.9 Å². The molecule has 2 heterocycles. The highest BCUT2D eigenvalue weighted by atomic mass is 16.5. The summed E-state index contributed by atoms with van der Waals surface area (Å²) in [5.41, 5.74) is 3.16. The topological polar surface area (TPSA) is 56.6 Å². The SMILES string of the molecule is CCn1c(C2CCCN2C(=O)COc2ccccc2OCc2ccccc2)nc2ccccc21. The molecule has 1 amide bonds. The molecule has 1 atom stereocenters. The molecule has 34 heavy (non-hydrogen) atoms. The lowest BCUT2D eigenvalue weighted by atomic mass is 10.2.